The maximum absolute atomic E-state index is 13.7. The first-order chi connectivity index (χ1) is 16.2. The monoisotopic (exact) mass is 458 g/mol. The molecule has 1 aliphatic heterocycles. The van der Waals surface area contributed by atoms with Gasteiger partial charge in [0.05, 0.1) is 23.3 Å². The fraction of sp³-hybridized carbons (Fsp3) is 0.200. The molecule has 8 heteroatoms. The van der Waals surface area contributed by atoms with E-state index in [1.54, 1.807) is 30.3 Å². The maximum Gasteiger partial charge on any atom is 0.258 e. The van der Waals surface area contributed by atoms with Crippen molar-refractivity contribution in [2.75, 3.05) is 7.11 Å². The molecule has 7 nitrogen and oxygen atoms in total. The number of carbonyl (C=O) groups is 1. The Bertz CT molecular complexity index is 1360. The lowest BCUT2D eigenvalue weighted by molar-refractivity contribution is -0.123. The van der Waals surface area contributed by atoms with Crippen LogP contribution in [0.15, 0.2) is 82.9 Å². The summed E-state index contributed by atoms with van der Waals surface area (Å²) in [4.78, 5) is 36.0. The van der Waals surface area contributed by atoms with Crippen LogP contribution in [0.4, 0.5) is 0 Å². The van der Waals surface area contributed by atoms with E-state index in [2.05, 4.69) is 15.3 Å². The second-order valence-electron chi connectivity index (χ2n) is 7.74. The van der Waals surface area contributed by atoms with E-state index in [0.29, 0.717) is 18.7 Å². The lowest BCUT2D eigenvalue weighted by Gasteiger charge is -2.18. The van der Waals surface area contributed by atoms with E-state index in [0.717, 1.165) is 27.1 Å². The van der Waals surface area contributed by atoms with Crippen LogP contribution in [-0.2, 0) is 22.6 Å². The average Bonchev–Trinajstić information content (AvgIpc) is 3.26. The van der Waals surface area contributed by atoms with Crippen molar-refractivity contribution in [3.63, 3.8) is 0 Å². The third kappa shape index (κ3) is 4.03. The molecule has 166 valence electrons. The number of methoxy groups -OCH3 is 1. The van der Waals surface area contributed by atoms with Crippen molar-refractivity contribution in [1.82, 2.24) is 19.9 Å². The smallest absolute Gasteiger partial charge is 0.258 e. The molecule has 5 rings (SSSR count). The van der Waals surface area contributed by atoms with Gasteiger partial charge < -0.3 is 14.6 Å². The van der Waals surface area contributed by atoms with Crippen molar-refractivity contribution in [3.8, 4) is 0 Å². The van der Waals surface area contributed by atoms with Crippen molar-refractivity contribution < 1.29 is 9.53 Å². The summed E-state index contributed by atoms with van der Waals surface area (Å²) in [5.74, 6) is -0.167. The topological polar surface area (TPSA) is 86.1 Å². The van der Waals surface area contributed by atoms with Crippen LogP contribution in [0.5, 0.6) is 0 Å². The molecule has 0 saturated carbocycles. The Morgan fingerprint density at radius 1 is 1.09 bits per heavy atom. The van der Waals surface area contributed by atoms with Gasteiger partial charge in [-0.25, -0.2) is 0 Å². The predicted molar refractivity (Wildman–Crippen MR) is 127 cm³/mol. The van der Waals surface area contributed by atoms with Gasteiger partial charge >= 0.3 is 0 Å². The SMILES string of the molecule is COC1c2c(c3ccccc3n(Cc3ccccn3)c2=O)SC1C(=O)NCc1ccncc1. The van der Waals surface area contributed by atoms with Crippen molar-refractivity contribution in [2.24, 2.45) is 0 Å². The second kappa shape index (κ2) is 9.17. The zero-order chi connectivity index (χ0) is 22.8. The van der Waals surface area contributed by atoms with Gasteiger partial charge in [0.1, 0.15) is 11.4 Å². The molecule has 1 N–H and O–H groups in total. The summed E-state index contributed by atoms with van der Waals surface area (Å²) in [6.45, 7) is 0.726. The molecule has 1 aromatic carbocycles. The molecule has 2 atom stereocenters. The number of nitrogens with one attached hydrogen (secondary N) is 1. The van der Waals surface area contributed by atoms with Crippen LogP contribution in [-0.4, -0.2) is 32.8 Å². The van der Waals surface area contributed by atoms with E-state index in [9.17, 15) is 9.59 Å². The van der Waals surface area contributed by atoms with Gasteiger partial charge in [-0.3, -0.25) is 19.6 Å². The first kappa shape index (κ1) is 21.4. The van der Waals surface area contributed by atoms with Crippen LogP contribution in [0.1, 0.15) is 22.9 Å². The summed E-state index contributed by atoms with van der Waals surface area (Å²) in [5.41, 5.74) is 2.93. The minimum absolute atomic E-state index is 0.155. The molecule has 2 unspecified atom stereocenters. The van der Waals surface area contributed by atoms with Crippen LogP contribution < -0.4 is 10.9 Å². The Balaban J connectivity index is 1.53. The molecule has 1 aliphatic rings. The van der Waals surface area contributed by atoms with Crippen molar-refractivity contribution in [1.29, 1.82) is 0 Å². The molecule has 0 saturated heterocycles. The number of amides is 1. The lowest BCUT2D eigenvalue weighted by Crippen LogP contribution is -2.36. The number of carbonyl (C=O) groups excluding carboxylic acids is 1. The molecule has 1 amide bonds. The molecule has 0 radical (unpaired) electrons. The zero-order valence-electron chi connectivity index (χ0n) is 18.0. The number of ether oxygens (including phenoxy) is 1. The Morgan fingerprint density at radius 3 is 2.64 bits per heavy atom. The number of thioether (sulfide) groups is 1. The number of nitrogens with zero attached hydrogens (tertiary/aromatic N) is 3. The van der Waals surface area contributed by atoms with E-state index in [-0.39, 0.29) is 11.5 Å². The maximum atomic E-state index is 13.7. The highest BCUT2D eigenvalue weighted by molar-refractivity contribution is 8.01. The molecule has 4 aromatic rings. The molecule has 3 aromatic heterocycles. The van der Waals surface area contributed by atoms with E-state index >= 15 is 0 Å². The zero-order valence-corrected chi connectivity index (χ0v) is 18.8. The summed E-state index contributed by atoms with van der Waals surface area (Å²) in [7, 11) is 1.54. The summed E-state index contributed by atoms with van der Waals surface area (Å²) >= 11 is 1.39. The van der Waals surface area contributed by atoms with Gasteiger partial charge in [-0.1, -0.05) is 24.3 Å². The Labute approximate surface area is 194 Å². The number of rotatable bonds is 6. The third-order valence-electron chi connectivity index (χ3n) is 5.74. The Morgan fingerprint density at radius 2 is 1.88 bits per heavy atom. The van der Waals surface area contributed by atoms with Gasteiger partial charge in [0, 0.05) is 42.5 Å². The molecular formula is C25H22N4O3S. The van der Waals surface area contributed by atoms with E-state index in [4.69, 9.17) is 4.74 Å². The molecule has 0 spiro atoms. The largest absolute Gasteiger partial charge is 0.375 e. The third-order valence-corrected chi connectivity index (χ3v) is 7.13. The molecular weight excluding hydrogens is 436 g/mol. The first-order valence-electron chi connectivity index (χ1n) is 10.6. The van der Waals surface area contributed by atoms with Crippen molar-refractivity contribution in [3.05, 3.63) is 100 Å². The molecule has 0 bridgehead atoms. The standard InChI is InChI=1S/C25H22N4O3S/c1-32-21-20-22(33-23(21)24(30)28-14-16-9-12-26-13-10-16)18-7-2-3-8-19(18)29(25(20)31)15-17-6-4-5-11-27-17/h2-13,21,23H,14-15H2,1H3,(H,28,30). The Kier molecular flexibility index (Phi) is 5.93. The van der Waals surface area contributed by atoms with Crippen LogP contribution >= 0.6 is 11.8 Å². The summed E-state index contributed by atoms with van der Waals surface area (Å²) in [5, 5.41) is 3.34. The first-order valence-corrected chi connectivity index (χ1v) is 11.5. The molecule has 0 aliphatic carbocycles. The number of fused-ring (bicyclic) bond motifs is 3. The van der Waals surface area contributed by atoms with Crippen LogP contribution in [0, 0.1) is 0 Å². The minimum atomic E-state index is -0.644. The fourth-order valence-electron chi connectivity index (χ4n) is 4.15. The number of para-hydroxylation sites is 1. The van der Waals surface area contributed by atoms with Gasteiger partial charge in [0.15, 0.2) is 0 Å². The molecule has 33 heavy (non-hydrogen) atoms. The second-order valence-corrected chi connectivity index (χ2v) is 8.89. The van der Waals surface area contributed by atoms with Gasteiger partial charge in [0.2, 0.25) is 5.91 Å². The molecule has 0 fully saturated rings. The van der Waals surface area contributed by atoms with E-state index in [1.165, 1.54) is 11.8 Å². The summed E-state index contributed by atoms with van der Waals surface area (Å²) < 4.78 is 7.46. The van der Waals surface area contributed by atoms with Gasteiger partial charge in [-0.2, -0.15) is 0 Å². The fourth-order valence-corrected chi connectivity index (χ4v) is 5.59. The van der Waals surface area contributed by atoms with Crippen LogP contribution in [0.3, 0.4) is 0 Å². The highest BCUT2D eigenvalue weighted by Gasteiger charge is 2.42. The minimum Gasteiger partial charge on any atom is -0.375 e. The predicted octanol–water partition coefficient (Wildman–Crippen LogP) is 3.32. The molecule has 4 heterocycles. The van der Waals surface area contributed by atoms with Gasteiger partial charge in [-0.05, 0) is 35.9 Å². The lowest BCUT2D eigenvalue weighted by atomic mass is 10.0. The van der Waals surface area contributed by atoms with E-state index in [1.807, 2.05) is 54.6 Å². The summed E-state index contributed by atoms with van der Waals surface area (Å²) in [6, 6.07) is 17.1. The number of aromatic nitrogens is 3. The van der Waals surface area contributed by atoms with Crippen molar-refractivity contribution >= 4 is 28.6 Å². The highest BCUT2D eigenvalue weighted by atomic mass is 32.2. The highest BCUT2D eigenvalue weighted by Crippen LogP contribution is 2.47. The number of benzene rings is 1. The quantitative estimate of drug-likeness (QED) is 0.477. The van der Waals surface area contributed by atoms with Crippen LogP contribution in [0.25, 0.3) is 10.9 Å². The van der Waals surface area contributed by atoms with Crippen LogP contribution in [0.2, 0.25) is 0 Å². The normalized spacial score (nSPS) is 17.1. The number of hydrogen-bond donors (Lipinski definition) is 1. The summed E-state index contributed by atoms with van der Waals surface area (Å²) in [6.07, 6.45) is 4.45. The number of hydrogen-bond acceptors (Lipinski definition) is 6. The van der Waals surface area contributed by atoms with Crippen molar-refractivity contribution in [2.45, 2.75) is 29.3 Å². The van der Waals surface area contributed by atoms with Gasteiger partial charge in [-0.15, -0.1) is 11.8 Å². The Hall–Kier alpha value is -3.49. The van der Waals surface area contributed by atoms with Gasteiger partial charge in [0.25, 0.3) is 5.56 Å². The number of pyridine rings is 3. The average molecular weight is 459 g/mol. The van der Waals surface area contributed by atoms with E-state index < -0.39 is 11.4 Å².